The predicted octanol–water partition coefficient (Wildman–Crippen LogP) is 3.19. The molecule has 0 radical (unpaired) electrons. The van der Waals surface area contributed by atoms with Crippen LogP contribution in [0.2, 0.25) is 0 Å². The fourth-order valence-corrected chi connectivity index (χ4v) is 3.71. The van der Waals surface area contributed by atoms with Crippen molar-refractivity contribution in [2.45, 2.75) is 0 Å². The molecule has 3 aromatic rings. The molecule has 0 spiro atoms. The summed E-state index contributed by atoms with van der Waals surface area (Å²) in [5.41, 5.74) is 3.22. The summed E-state index contributed by atoms with van der Waals surface area (Å²) in [6, 6.07) is 20.2. The SMILES string of the molecule is Cn1c(C(C#N)=C(O)CN2CCN(c3ccccc3)CC2)nc2ccccc21. The maximum Gasteiger partial charge on any atom is 0.155 e. The highest BCUT2D eigenvalue weighted by Crippen LogP contribution is 2.23. The molecule has 4 rings (SSSR count). The highest BCUT2D eigenvalue weighted by atomic mass is 16.3. The van der Waals surface area contributed by atoms with E-state index in [1.165, 1.54) is 5.69 Å². The van der Waals surface area contributed by atoms with Crippen LogP contribution in [0.1, 0.15) is 5.82 Å². The van der Waals surface area contributed by atoms with Crippen LogP contribution in [0.15, 0.2) is 60.4 Å². The van der Waals surface area contributed by atoms with Crippen molar-refractivity contribution in [3.63, 3.8) is 0 Å². The first-order valence-electron chi connectivity index (χ1n) is 9.44. The third-order valence-electron chi connectivity index (χ3n) is 5.28. The van der Waals surface area contributed by atoms with Crippen LogP contribution in [0.4, 0.5) is 5.69 Å². The first kappa shape index (κ1) is 18.1. The van der Waals surface area contributed by atoms with Gasteiger partial charge in [0.15, 0.2) is 5.82 Å². The lowest BCUT2D eigenvalue weighted by atomic mass is 10.2. The summed E-state index contributed by atoms with van der Waals surface area (Å²) in [5.74, 6) is 0.582. The van der Waals surface area contributed by atoms with E-state index < -0.39 is 0 Å². The molecule has 0 aliphatic carbocycles. The van der Waals surface area contributed by atoms with Crippen LogP contribution in [-0.4, -0.2) is 52.3 Å². The van der Waals surface area contributed by atoms with Gasteiger partial charge >= 0.3 is 0 Å². The van der Waals surface area contributed by atoms with Crippen LogP contribution in [0.5, 0.6) is 0 Å². The van der Waals surface area contributed by atoms with E-state index in [0.717, 1.165) is 37.2 Å². The zero-order valence-corrected chi connectivity index (χ0v) is 15.9. The molecule has 0 amide bonds. The first-order valence-corrected chi connectivity index (χ1v) is 9.44. The summed E-state index contributed by atoms with van der Waals surface area (Å²) in [6.45, 7) is 3.81. The molecule has 6 heteroatoms. The Morgan fingerprint density at radius 3 is 2.39 bits per heavy atom. The summed E-state index contributed by atoms with van der Waals surface area (Å²) in [4.78, 5) is 9.06. The Hall–Kier alpha value is -3.30. The summed E-state index contributed by atoms with van der Waals surface area (Å²) >= 11 is 0. The number of piperazine rings is 1. The van der Waals surface area contributed by atoms with Gasteiger partial charge in [-0.1, -0.05) is 30.3 Å². The molecule has 6 nitrogen and oxygen atoms in total. The van der Waals surface area contributed by atoms with E-state index in [2.05, 4.69) is 33.0 Å². The number of anilines is 1. The average molecular weight is 373 g/mol. The number of allylic oxidation sites excluding steroid dienone is 1. The maximum absolute atomic E-state index is 10.7. The number of aliphatic hydroxyl groups excluding tert-OH is 1. The maximum atomic E-state index is 10.7. The first-order chi connectivity index (χ1) is 13.7. The fourth-order valence-electron chi connectivity index (χ4n) is 3.71. The van der Waals surface area contributed by atoms with Gasteiger partial charge in [-0.2, -0.15) is 5.26 Å². The molecular weight excluding hydrogens is 350 g/mol. The fraction of sp³-hybridized carbons (Fsp3) is 0.273. The van der Waals surface area contributed by atoms with Crippen LogP contribution in [0.25, 0.3) is 16.6 Å². The normalized spacial score (nSPS) is 16.1. The van der Waals surface area contributed by atoms with Crippen LogP contribution in [0.3, 0.4) is 0 Å². The highest BCUT2D eigenvalue weighted by Gasteiger charge is 2.21. The number of nitriles is 1. The van der Waals surface area contributed by atoms with Gasteiger partial charge in [-0.05, 0) is 24.3 Å². The van der Waals surface area contributed by atoms with Crippen LogP contribution in [0, 0.1) is 11.3 Å². The predicted molar refractivity (Wildman–Crippen MR) is 111 cm³/mol. The number of hydrogen-bond donors (Lipinski definition) is 1. The molecule has 1 N–H and O–H groups in total. The molecule has 142 valence electrons. The van der Waals surface area contributed by atoms with Gasteiger partial charge in [0.1, 0.15) is 17.4 Å². The number of aliphatic hydroxyl groups is 1. The molecule has 28 heavy (non-hydrogen) atoms. The molecule has 0 saturated carbocycles. The lowest BCUT2D eigenvalue weighted by Gasteiger charge is -2.36. The van der Waals surface area contributed by atoms with Crippen LogP contribution >= 0.6 is 0 Å². The van der Waals surface area contributed by atoms with Crippen molar-refractivity contribution in [2.24, 2.45) is 7.05 Å². The van der Waals surface area contributed by atoms with E-state index in [1.54, 1.807) is 0 Å². The number of para-hydroxylation sites is 3. The van der Waals surface area contributed by atoms with Gasteiger partial charge in [-0.15, -0.1) is 0 Å². The Labute approximate surface area is 164 Å². The number of aryl methyl sites for hydroxylation is 1. The minimum atomic E-state index is 0.0778. The lowest BCUT2D eigenvalue weighted by Crippen LogP contribution is -2.47. The van der Waals surface area contributed by atoms with Gasteiger partial charge in [-0.25, -0.2) is 4.98 Å². The van der Waals surface area contributed by atoms with Gasteiger partial charge in [0.25, 0.3) is 0 Å². The molecule has 1 fully saturated rings. The summed E-state index contributed by atoms with van der Waals surface area (Å²) in [6.07, 6.45) is 0. The summed E-state index contributed by atoms with van der Waals surface area (Å²) in [5, 5.41) is 20.4. The van der Waals surface area contributed by atoms with Crippen LogP contribution in [-0.2, 0) is 7.05 Å². The van der Waals surface area contributed by atoms with E-state index in [-0.39, 0.29) is 11.3 Å². The number of fused-ring (bicyclic) bond motifs is 1. The molecule has 0 bridgehead atoms. The van der Waals surface area contributed by atoms with Crippen molar-refractivity contribution >= 4 is 22.3 Å². The summed E-state index contributed by atoms with van der Waals surface area (Å²) in [7, 11) is 1.87. The van der Waals surface area contributed by atoms with Gasteiger partial charge in [0.05, 0.1) is 17.6 Å². The second-order valence-electron chi connectivity index (χ2n) is 7.02. The van der Waals surface area contributed by atoms with Crippen molar-refractivity contribution in [3.05, 3.63) is 66.2 Å². The quantitative estimate of drug-likeness (QED) is 0.562. The minimum absolute atomic E-state index is 0.0778. The standard InChI is InChI=1S/C22H23N5O/c1-25-20-10-6-5-9-19(20)24-22(25)18(15-23)21(28)16-26-11-13-27(14-12-26)17-7-3-2-4-8-17/h2-10,28H,11-14,16H2,1H3. The molecule has 1 aliphatic rings. The number of nitrogens with zero attached hydrogens (tertiary/aromatic N) is 5. The van der Waals surface area contributed by atoms with Crippen LogP contribution < -0.4 is 4.90 Å². The van der Waals surface area contributed by atoms with Gasteiger partial charge in [0.2, 0.25) is 0 Å². The van der Waals surface area contributed by atoms with E-state index >= 15 is 0 Å². The average Bonchev–Trinajstić information content (AvgIpc) is 3.06. The van der Waals surface area contributed by atoms with Crippen molar-refractivity contribution in [3.8, 4) is 6.07 Å². The Morgan fingerprint density at radius 2 is 1.71 bits per heavy atom. The topological polar surface area (TPSA) is 68.3 Å². The third-order valence-corrected chi connectivity index (χ3v) is 5.28. The highest BCUT2D eigenvalue weighted by molar-refractivity contribution is 5.83. The van der Waals surface area contributed by atoms with E-state index in [0.29, 0.717) is 12.4 Å². The Morgan fingerprint density at radius 1 is 1.04 bits per heavy atom. The van der Waals surface area contributed by atoms with Crippen molar-refractivity contribution in [1.29, 1.82) is 5.26 Å². The second-order valence-corrected chi connectivity index (χ2v) is 7.02. The largest absolute Gasteiger partial charge is 0.509 e. The number of rotatable bonds is 4. The van der Waals surface area contributed by atoms with Crippen molar-refractivity contribution < 1.29 is 5.11 Å². The van der Waals surface area contributed by atoms with Crippen molar-refractivity contribution in [2.75, 3.05) is 37.6 Å². The molecule has 1 aliphatic heterocycles. The van der Waals surface area contributed by atoms with Crippen molar-refractivity contribution in [1.82, 2.24) is 14.5 Å². The number of imidazole rings is 1. The molecule has 2 aromatic carbocycles. The number of benzene rings is 2. The second kappa shape index (κ2) is 7.75. The molecule has 0 atom stereocenters. The Balaban J connectivity index is 1.50. The smallest absolute Gasteiger partial charge is 0.155 e. The van der Waals surface area contributed by atoms with Gasteiger partial charge in [0, 0.05) is 38.9 Å². The number of aromatic nitrogens is 2. The molecule has 1 saturated heterocycles. The molecule has 2 heterocycles. The van der Waals surface area contributed by atoms with E-state index in [4.69, 9.17) is 0 Å². The Bertz CT molecular complexity index is 1040. The molecule has 1 aromatic heterocycles. The zero-order valence-electron chi connectivity index (χ0n) is 15.9. The Kier molecular flexibility index (Phi) is 5.00. The zero-order chi connectivity index (χ0) is 19.5. The van der Waals surface area contributed by atoms with E-state index in [1.807, 2.05) is 54.1 Å². The monoisotopic (exact) mass is 373 g/mol. The minimum Gasteiger partial charge on any atom is -0.509 e. The molecular formula is C22H23N5O. The lowest BCUT2D eigenvalue weighted by molar-refractivity contribution is 0.239. The van der Waals surface area contributed by atoms with Gasteiger partial charge in [-0.3, -0.25) is 4.90 Å². The third kappa shape index (κ3) is 3.45. The summed E-state index contributed by atoms with van der Waals surface area (Å²) < 4.78 is 1.86. The van der Waals surface area contributed by atoms with Gasteiger partial charge < -0.3 is 14.6 Å². The number of hydrogen-bond acceptors (Lipinski definition) is 5. The van der Waals surface area contributed by atoms with E-state index in [9.17, 15) is 10.4 Å². The molecule has 0 unspecified atom stereocenters.